The van der Waals surface area contributed by atoms with Crippen molar-refractivity contribution in [2.45, 2.75) is 0 Å². The van der Waals surface area contributed by atoms with Gasteiger partial charge in [-0.05, 0) is 57.5 Å². The Morgan fingerprint density at radius 2 is 1.31 bits per heavy atom. The number of nitrogens with zero attached hydrogens (tertiary/aromatic N) is 2. The van der Waals surface area contributed by atoms with Gasteiger partial charge in [0.25, 0.3) is 11.8 Å². The Kier molecular flexibility index (Phi) is 3.82. The van der Waals surface area contributed by atoms with E-state index >= 15 is 0 Å². The number of hydrogen-bond acceptors (Lipinski definition) is 5. The molecule has 0 radical (unpaired) electrons. The predicted molar refractivity (Wildman–Crippen MR) is 120 cm³/mol. The summed E-state index contributed by atoms with van der Waals surface area (Å²) in [4.78, 5) is 3.13. The molecule has 0 spiro atoms. The highest BCUT2D eigenvalue weighted by atomic mass is 32.1. The van der Waals surface area contributed by atoms with E-state index in [0.29, 0.717) is 11.8 Å². The van der Waals surface area contributed by atoms with Crippen molar-refractivity contribution in [3.05, 3.63) is 94.2 Å². The molecule has 5 aromatic rings. The Morgan fingerprint density at radius 1 is 0.655 bits per heavy atom. The molecule has 138 valence electrons. The molecule has 0 saturated heterocycles. The third kappa shape index (κ3) is 2.78. The largest absolute Gasteiger partial charge is 0.414 e. The highest BCUT2D eigenvalue weighted by molar-refractivity contribution is 7.16. The summed E-state index contributed by atoms with van der Waals surface area (Å²) >= 11 is 3.26. The van der Waals surface area contributed by atoms with Crippen LogP contribution >= 0.6 is 22.7 Å². The molecule has 0 saturated carbocycles. The molecule has 0 bridgehead atoms. The Morgan fingerprint density at radius 3 is 1.97 bits per heavy atom. The van der Waals surface area contributed by atoms with Gasteiger partial charge >= 0.3 is 0 Å². The van der Waals surface area contributed by atoms with Crippen LogP contribution in [0.15, 0.2) is 82.6 Å². The minimum Gasteiger partial charge on any atom is -0.414 e. The molecule has 0 N–H and O–H groups in total. The van der Waals surface area contributed by atoms with E-state index in [2.05, 4.69) is 76.9 Å². The van der Waals surface area contributed by atoms with Gasteiger partial charge in [-0.2, -0.15) is 0 Å². The molecule has 2 aromatic carbocycles. The molecule has 5 heteroatoms. The predicted octanol–water partition coefficient (Wildman–Crippen LogP) is 7.10. The number of benzene rings is 2. The summed E-state index contributed by atoms with van der Waals surface area (Å²) in [6.07, 6.45) is 2.26. The molecular weight excluding hydrogens is 396 g/mol. The van der Waals surface area contributed by atoms with Gasteiger partial charge in [-0.15, -0.1) is 32.9 Å². The van der Waals surface area contributed by atoms with Gasteiger partial charge in [0.1, 0.15) is 0 Å². The van der Waals surface area contributed by atoms with Crippen LogP contribution in [0.25, 0.3) is 44.3 Å². The molecule has 0 unspecified atom stereocenters. The third-order valence-corrected chi connectivity index (χ3v) is 6.88. The van der Waals surface area contributed by atoms with E-state index in [4.69, 9.17) is 4.42 Å². The van der Waals surface area contributed by atoms with Crippen molar-refractivity contribution in [2.75, 3.05) is 0 Å². The second kappa shape index (κ2) is 6.65. The molecule has 29 heavy (non-hydrogen) atoms. The van der Waals surface area contributed by atoms with Crippen molar-refractivity contribution in [3.63, 3.8) is 0 Å². The maximum absolute atomic E-state index is 5.89. The van der Waals surface area contributed by atoms with Crippen molar-refractivity contribution in [3.8, 4) is 32.7 Å². The lowest BCUT2D eigenvalue weighted by Crippen LogP contribution is -1.79. The molecule has 0 fully saturated rings. The Balaban J connectivity index is 1.39. The first-order valence-corrected chi connectivity index (χ1v) is 10.9. The molecule has 3 heterocycles. The minimum atomic E-state index is 0.565. The van der Waals surface area contributed by atoms with Gasteiger partial charge in [-0.25, -0.2) is 0 Å². The highest BCUT2D eigenvalue weighted by Gasteiger charge is 2.22. The standard InChI is InChI=1S/C24H14N2OS2/c1-3-8-18-16(6-1)17-7-2-4-9-19(17)20(18)14-15-11-12-22(29-15)24-26-25-23(27-24)21-10-5-13-28-21/h1-14H. The van der Waals surface area contributed by atoms with Gasteiger partial charge in [0.2, 0.25) is 0 Å². The van der Waals surface area contributed by atoms with Gasteiger partial charge in [-0.1, -0.05) is 54.6 Å². The van der Waals surface area contributed by atoms with Gasteiger partial charge in [-0.3, -0.25) is 0 Å². The summed E-state index contributed by atoms with van der Waals surface area (Å²) in [6.45, 7) is 0. The Hall–Kier alpha value is -3.28. The number of aromatic nitrogens is 2. The van der Waals surface area contributed by atoms with Crippen LogP contribution in [0.3, 0.4) is 0 Å². The topological polar surface area (TPSA) is 38.9 Å². The lowest BCUT2D eigenvalue weighted by molar-refractivity contribution is 0.587. The van der Waals surface area contributed by atoms with Gasteiger partial charge in [0.15, 0.2) is 0 Å². The summed E-state index contributed by atoms with van der Waals surface area (Å²) < 4.78 is 5.89. The van der Waals surface area contributed by atoms with E-state index in [9.17, 15) is 0 Å². The highest BCUT2D eigenvalue weighted by Crippen LogP contribution is 2.45. The van der Waals surface area contributed by atoms with E-state index in [1.165, 1.54) is 27.8 Å². The zero-order valence-corrected chi connectivity index (χ0v) is 16.8. The van der Waals surface area contributed by atoms with Gasteiger partial charge in [0, 0.05) is 4.88 Å². The molecular formula is C24H14N2OS2. The van der Waals surface area contributed by atoms with Crippen LogP contribution in [-0.4, -0.2) is 10.2 Å². The van der Waals surface area contributed by atoms with Crippen LogP contribution < -0.4 is 0 Å². The number of fused-ring (bicyclic) bond motifs is 3. The molecule has 1 aliphatic rings. The fourth-order valence-corrected chi connectivity index (χ4v) is 5.23. The second-order valence-electron chi connectivity index (χ2n) is 6.74. The van der Waals surface area contributed by atoms with E-state index in [-0.39, 0.29) is 0 Å². The first-order valence-electron chi connectivity index (χ1n) is 9.25. The van der Waals surface area contributed by atoms with E-state index in [0.717, 1.165) is 14.6 Å². The first-order chi connectivity index (χ1) is 14.4. The van der Waals surface area contributed by atoms with Crippen molar-refractivity contribution >= 4 is 34.3 Å². The molecule has 1 aliphatic carbocycles. The smallest absolute Gasteiger partial charge is 0.258 e. The fourth-order valence-electron chi connectivity index (χ4n) is 3.72. The zero-order chi connectivity index (χ0) is 19.2. The summed E-state index contributed by atoms with van der Waals surface area (Å²) in [5.41, 5.74) is 6.41. The maximum Gasteiger partial charge on any atom is 0.258 e. The number of hydrogen-bond donors (Lipinski definition) is 0. The average Bonchev–Trinajstić information content (AvgIpc) is 3.55. The Labute approximate surface area is 175 Å². The van der Waals surface area contributed by atoms with Crippen molar-refractivity contribution in [2.24, 2.45) is 0 Å². The molecule has 6 rings (SSSR count). The zero-order valence-electron chi connectivity index (χ0n) is 15.2. The maximum atomic E-state index is 5.89. The summed E-state index contributed by atoms with van der Waals surface area (Å²) in [7, 11) is 0. The normalized spacial score (nSPS) is 12.1. The van der Waals surface area contributed by atoms with Gasteiger partial charge in [0.05, 0.1) is 9.75 Å². The molecule has 3 aromatic heterocycles. The molecule has 0 aliphatic heterocycles. The van der Waals surface area contributed by atoms with E-state index in [1.807, 2.05) is 17.5 Å². The van der Waals surface area contributed by atoms with Crippen LogP contribution in [0, 0.1) is 0 Å². The van der Waals surface area contributed by atoms with Crippen LogP contribution in [0.5, 0.6) is 0 Å². The van der Waals surface area contributed by atoms with Crippen LogP contribution in [0.2, 0.25) is 0 Å². The lowest BCUT2D eigenvalue weighted by Gasteiger charge is -2.01. The SMILES string of the molecule is C(=C1c2ccccc2-c2ccccc21)c1ccc(-c2nnc(-c3cccs3)o2)s1. The van der Waals surface area contributed by atoms with Gasteiger partial charge < -0.3 is 4.42 Å². The Bertz CT molecular complexity index is 1310. The quantitative estimate of drug-likeness (QED) is 0.312. The minimum absolute atomic E-state index is 0.565. The van der Waals surface area contributed by atoms with Crippen LogP contribution in [-0.2, 0) is 0 Å². The fraction of sp³-hybridized carbons (Fsp3) is 0. The van der Waals surface area contributed by atoms with Crippen LogP contribution in [0.1, 0.15) is 16.0 Å². The van der Waals surface area contributed by atoms with Crippen molar-refractivity contribution in [1.29, 1.82) is 0 Å². The van der Waals surface area contributed by atoms with Crippen molar-refractivity contribution in [1.82, 2.24) is 10.2 Å². The molecule has 3 nitrogen and oxygen atoms in total. The number of rotatable bonds is 3. The first kappa shape index (κ1) is 16.7. The summed E-state index contributed by atoms with van der Waals surface area (Å²) in [5, 5.41) is 10.4. The third-order valence-electron chi connectivity index (χ3n) is 5.01. The van der Waals surface area contributed by atoms with Crippen LogP contribution in [0.4, 0.5) is 0 Å². The number of thiophene rings is 2. The summed E-state index contributed by atoms with van der Waals surface area (Å²) in [6, 6.07) is 25.3. The lowest BCUT2D eigenvalue weighted by atomic mass is 10.0. The monoisotopic (exact) mass is 410 g/mol. The second-order valence-corrected chi connectivity index (χ2v) is 8.80. The van der Waals surface area contributed by atoms with E-state index < -0.39 is 0 Å². The van der Waals surface area contributed by atoms with Crippen molar-refractivity contribution < 1.29 is 4.42 Å². The molecule has 0 atom stereocenters. The average molecular weight is 411 g/mol. The van der Waals surface area contributed by atoms with E-state index in [1.54, 1.807) is 22.7 Å². The summed E-state index contributed by atoms with van der Waals surface area (Å²) in [5.74, 6) is 1.14. The molecule has 0 amide bonds.